The molecule has 0 unspecified atom stereocenters. The Morgan fingerprint density at radius 1 is 1.15 bits per heavy atom. The molecule has 11 heteroatoms. The fraction of sp³-hybridized carbons (Fsp3) is 0.133. The maximum atomic E-state index is 12.0. The van der Waals surface area contributed by atoms with E-state index in [1.807, 2.05) is 5.32 Å². The zero-order chi connectivity index (χ0) is 19.2. The number of nitrogens with one attached hydrogen (secondary N) is 2. The fourth-order valence-corrected chi connectivity index (χ4v) is 3.27. The number of benzene rings is 1. The van der Waals surface area contributed by atoms with Gasteiger partial charge in [0, 0.05) is 4.47 Å². The number of rotatable bonds is 7. The second-order valence-corrected chi connectivity index (χ2v) is 7.48. The van der Waals surface area contributed by atoms with Crippen molar-refractivity contribution in [3.63, 3.8) is 0 Å². The molecule has 2 aromatic rings. The largest absolute Gasteiger partial charge is 0.459 e. The molecule has 1 heterocycles. The van der Waals surface area contributed by atoms with Crippen LogP contribution in [0.15, 0.2) is 56.4 Å². The van der Waals surface area contributed by atoms with Gasteiger partial charge < -0.3 is 9.15 Å². The molecule has 0 radical (unpaired) electrons. The van der Waals surface area contributed by atoms with Gasteiger partial charge >= 0.3 is 5.97 Å². The van der Waals surface area contributed by atoms with Gasteiger partial charge in [-0.2, -0.15) is 4.72 Å². The number of amides is 2. The van der Waals surface area contributed by atoms with E-state index in [2.05, 4.69) is 25.4 Å². The second-order valence-electron chi connectivity index (χ2n) is 4.80. The Kier molecular flexibility index (Phi) is 6.66. The lowest BCUT2D eigenvalue weighted by Crippen LogP contribution is -2.36. The average Bonchev–Trinajstić information content (AvgIpc) is 3.13. The van der Waals surface area contributed by atoms with Crippen molar-refractivity contribution in [1.29, 1.82) is 0 Å². The minimum absolute atomic E-state index is 0.0403. The molecule has 0 spiro atoms. The van der Waals surface area contributed by atoms with Crippen LogP contribution in [0.4, 0.5) is 0 Å². The van der Waals surface area contributed by atoms with Gasteiger partial charge in [0.2, 0.25) is 10.0 Å². The molecule has 2 rings (SSSR count). The number of imide groups is 1. The molecular weight excluding hydrogens is 432 g/mol. The van der Waals surface area contributed by atoms with Gasteiger partial charge in [0.15, 0.2) is 12.4 Å². The Bertz CT molecular complexity index is 910. The minimum Gasteiger partial charge on any atom is -0.459 e. The van der Waals surface area contributed by atoms with E-state index < -0.39 is 41.0 Å². The number of carbonyl (C=O) groups is 3. The number of ether oxygens (including phenoxy) is 1. The highest BCUT2D eigenvalue weighted by atomic mass is 79.9. The van der Waals surface area contributed by atoms with E-state index in [9.17, 15) is 22.8 Å². The molecule has 138 valence electrons. The highest BCUT2D eigenvalue weighted by molar-refractivity contribution is 9.10. The smallest absolute Gasteiger partial charge is 0.321 e. The van der Waals surface area contributed by atoms with E-state index in [1.165, 1.54) is 36.6 Å². The van der Waals surface area contributed by atoms with Crippen molar-refractivity contribution in [2.75, 3.05) is 13.2 Å². The Hall–Kier alpha value is -2.50. The third-order valence-corrected chi connectivity index (χ3v) is 4.77. The van der Waals surface area contributed by atoms with Crippen molar-refractivity contribution in [2.45, 2.75) is 4.90 Å². The van der Waals surface area contributed by atoms with Crippen LogP contribution in [0.25, 0.3) is 0 Å². The van der Waals surface area contributed by atoms with Crippen molar-refractivity contribution in [1.82, 2.24) is 10.0 Å². The van der Waals surface area contributed by atoms with Crippen molar-refractivity contribution in [2.24, 2.45) is 0 Å². The van der Waals surface area contributed by atoms with Gasteiger partial charge in [0.1, 0.15) is 6.54 Å². The van der Waals surface area contributed by atoms with E-state index in [-0.39, 0.29) is 10.7 Å². The molecule has 1 aromatic heterocycles. The molecule has 0 aliphatic rings. The Morgan fingerprint density at radius 3 is 2.58 bits per heavy atom. The summed E-state index contributed by atoms with van der Waals surface area (Å²) in [7, 11) is -3.91. The standard InChI is InChI=1S/C15H13BrN2O7S/c16-10-3-1-4-11(7-10)26(22,23)17-8-14(20)25-9-13(19)18-15(21)12-5-2-6-24-12/h1-7,17H,8-9H2,(H,18,19,21). The normalized spacial score (nSPS) is 11.0. The van der Waals surface area contributed by atoms with Crippen LogP contribution >= 0.6 is 15.9 Å². The predicted octanol–water partition coefficient (Wildman–Crippen LogP) is 0.820. The summed E-state index contributed by atoms with van der Waals surface area (Å²) in [5.41, 5.74) is 0. The molecule has 26 heavy (non-hydrogen) atoms. The molecule has 0 atom stereocenters. The molecule has 0 saturated heterocycles. The Labute approximate surface area is 156 Å². The van der Waals surface area contributed by atoms with Gasteiger partial charge in [-0.05, 0) is 30.3 Å². The first-order valence-corrected chi connectivity index (χ1v) is 9.34. The molecule has 0 saturated carbocycles. The zero-order valence-corrected chi connectivity index (χ0v) is 15.5. The number of carbonyl (C=O) groups excluding carboxylic acids is 3. The number of furan rings is 1. The molecule has 9 nitrogen and oxygen atoms in total. The number of hydrogen-bond donors (Lipinski definition) is 2. The van der Waals surface area contributed by atoms with Crippen LogP contribution in [0.2, 0.25) is 0 Å². The first kappa shape index (κ1) is 19.8. The van der Waals surface area contributed by atoms with Crippen molar-refractivity contribution in [3.8, 4) is 0 Å². The summed E-state index contributed by atoms with van der Waals surface area (Å²) in [6, 6.07) is 8.71. The maximum absolute atomic E-state index is 12.0. The number of hydrogen-bond acceptors (Lipinski definition) is 7. The molecular formula is C15H13BrN2O7S. The van der Waals surface area contributed by atoms with Crippen LogP contribution in [0, 0.1) is 0 Å². The average molecular weight is 445 g/mol. The fourth-order valence-electron chi connectivity index (χ4n) is 1.70. The van der Waals surface area contributed by atoms with Crippen LogP contribution in [0.1, 0.15) is 10.6 Å². The van der Waals surface area contributed by atoms with Crippen LogP contribution in [0.3, 0.4) is 0 Å². The van der Waals surface area contributed by atoms with E-state index in [0.29, 0.717) is 4.47 Å². The lowest BCUT2D eigenvalue weighted by atomic mass is 10.4. The first-order valence-electron chi connectivity index (χ1n) is 7.06. The number of sulfonamides is 1. The highest BCUT2D eigenvalue weighted by Gasteiger charge is 2.18. The predicted molar refractivity (Wildman–Crippen MR) is 91.5 cm³/mol. The van der Waals surface area contributed by atoms with Crippen molar-refractivity contribution < 1.29 is 32.0 Å². The monoisotopic (exact) mass is 444 g/mol. The molecule has 0 bridgehead atoms. The zero-order valence-electron chi connectivity index (χ0n) is 13.1. The van der Waals surface area contributed by atoms with Gasteiger partial charge in [0.05, 0.1) is 11.2 Å². The van der Waals surface area contributed by atoms with E-state index >= 15 is 0 Å². The summed E-state index contributed by atoms with van der Waals surface area (Å²) < 4.78 is 36.1. The summed E-state index contributed by atoms with van der Waals surface area (Å²) in [5, 5.41) is 1.95. The van der Waals surface area contributed by atoms with Crippen LogP contribution in [-0.2, 0) is 24.3 Å². The number of halogens is 1. The van der Waals surface area contributed by atoms with E-state index in [0.717, 1.165) is 0 Å². The Balaban J connectivity index is 1.78. The molecule has 1 aromatic carbocycles. The second kappa shape index (κ2) is 8.74. The first-order chi connectivity index (χ1) is 12.3. The molecule has 0 fully saturated rings. The lowest BCUT2D eigenvalue weighted by Gasteiger charge is -2.07. The quantitative estimate of drug-likeness (QED) is 0.604. The van der Waals surface area contributed by atoms with Crippen molar-refractivity contribution >= 4 is 43.7 Å². The molecule has 2 N–H and O–H groups in total. The van der Waals surface area contributed by atoms with E-state index in [1.54, 1.807) is 6.07 Å². The van der Waals surface area contributed by atoms with Gasteiger partial charge in [-0.1, -0.05) is 22.0 Å². The highest BCUT2D eigenvalue weighted by Crippen LogP contribution is 2.15. The van der Waals surface area contributed by atoms with Crippen LogP contribution in [0.5, 0.6) is 0 Å². The summed E-state index contributed by atoms with van der Waals surface area (Å²) in [6.07, 6.45) is 1.26. The topological polar surface area (TPSA) is 132 Å². The van der Waals surface area contributed by atoms with Gasteiger partial charge in [-0.15, -0.1) is 0 Å². The molecule has 2 amide bonds. The minimum atomic E-state index is -3.91. The van der Waals surface area contributed by atoms with Crippen LogP contribution in [-0.4, -0.2) is 39.4 Å². The summed E-state index contributed by atoms with van der Waals surface area (Å²) >= 11 is 3.15. The van der Waals surface area contributed by atoms with E-state index in [4.69, 9.17) is 4.42 Å². The summed E-state index contributed by atoms with van der Waals surface area (Å²) in [4.78, 5) is 34.6. The SMILES string of the molecule is O=C(COC(=O)CNS(=O)(=O)c1cccc(Br)c1)NC(=O)c1ccco1. The third kappa shape index (κ3) is 5.79. The maximum Gasteiger partial charge on any atom is 0.321 e. The molecule has 0 aliphatic heterocycles. The van der Waals surface area contributed by atoms with Crippen molar-refractivity contribution in [3.05, 3.63) is 52.9 Å². The van der Waals surface area contributed by atoms with Gasteiger partial charge in [-0.25, -0.2) is 8.42 Å². The summed E-state index contributed by atoms with van der Waals surface area (Å²) in [5.74, 6) is -2.73. The van der Waals surface area contributed by atoms with Gasteiger partial charge in [0.25, 0.3) is 11.8 Å². The molecule has 0 aliphatic carbocycles. The summed E-state index contributed by atoms with van der Waals surface area (Å²) in [6.45, 7) is -1.42. The third-order valence-electron chi connectivity index (χ3n) is 2.88. The van der Waals surface area contributed by atoms with Gasteiger partial charge in [-0.3, -0.25) is 19.7 Å². The lowest BCUT2D eigenvalue weighted by molar-refractivity contribution is -0.147. The van der Waals surface area contributed by atoms with Crippen LogP contribution < -0.4 is 10.0 Å². The Morgan fingerprint density at radius 2 is 1.92 bits per heavy atom. The number of esters is 1.